The number of hydrogen-bond acceptors (Lipinski definition) is 3. The zero-order valence-corrected chi connectivity index (χ0v) is 13.6. The molecule has 0 bridgehead atoms. The molecule has 1 aliphatic heterocycles. The molecular weight excluding hydrogens is 314 g/mol. The predicted octanol–water partition coefficient (Wildman–Crippen LogP) is 3.76. The molecule has 1 aliphatic rings. The summed E-state index contributed by atoms with van der Waals surface area (Å²) in [6, 6.07) is 12.4. The van der Waals surface area contributed by atoms with E-state index < -0.39 is 11.6 Å². The fourth-order valence-electron chi connectivity index (χ4n) is 2.68. The van der Waals surface area contributed by atoms with E-state index in [4.69, 9.17) is 16.3 Å². The third-order valence-corrected chi connectivity index (χ3v) is 4.24. The van der Waals surface area contributed by atoms with Gasteiger partial charge in [-0.15, -0.1) is 0 Å². The van der Waals surface area contributed by atoms with Gasteiger partial charge in [-0.05, 0) is 49.2 Å². The molecule has 0 unspecified atom stereocenters. The summed E-state index contributed by atoms with van der Waals surface area (Å²) in [4.78, 5) is 24.8. The van der Waals surface area contributed by atoms with Gasteiger partial charge in [-0.1, -0.05) is 29.8 Å². The second-order valence-electron chi connectivity index (χ2n) is 5.87. The summed E-state index contributed by atoms with van der Waals surface area (Å²) < 4.78 is 5.42. The Labute approximate surface area is 139 Å². The molecule has 1 heterocycles. The van der Waals surface area contributed by atoms with Crippen molar-refractivity contribution in [1.29, 1.82) is 0 Å². The maximum atomic E-state index is 12.7. The van der Waals surface area contributed by atoms with Crippen molar-refractivity contribution in [3.8, 4) is 0 Å². The highest BCUT2D eigenvalue weighted by Gasteiger charge is 2.42. The Bertz CT molecular complexity index is 803. The third-order valence-electron chi connectivity index (χ3n) is 4.00. The number of benzene rings is 2. The van der Waals surface area contributed by atoms with E-state index in [9.17, 15) is 9.59 Å². The average Bonchev–Trinajstić information content (AvgIpc) is 2.50. The van der Waals surface area contributed by atoms with Crippen LogP contribution in [-0.4, -0.2) is 17.5 Å². The minimum Gasteiger partial charge on any atom is -0.445 e. The van der Waals surface area contributed by atoms with Crippen LogP contribution in [0.15, 0.2) is 42.5 Å². The van der Waals surface area contributed by atoms with Gasteiger partial charge in [0.1, 0.15) is 0 Å². The second kappa shape index (κ2) is 5.70. The molecule has 5 heteroatoms. The van der Waals surface area contributed by atoms with Crippen molar-refractivity contribution in [3.63, 3.8) is 0 Å². The number of carbonyl (C=O) groups is 2. The van der Waals surface area contributed by atoms with Crippen molar-refractivity contribution in [1.82, 2.24) is 0 Å². The van der Waals surface area contributed by atoms with Gasteiger partial charge >= 0.3 is 5.97 Å². The second-order valence-corrected chi connectivity index (χ2v) is 6.30. The lowest BCUT2D eigenvalue weighted by atomic mass is 9.89. The minimum absolute atomic E-state index is 0.341. The Hall–Kier alpha value is -2.33. The van der Waals surface area contributed by atoms with E-state index in [-0.39, 0.29) is 5.91 Å². The molecule has 0 aromatic heterocycles. The molecule has 0 fully saturated rings. The Balaban J connectivity index is 1.86. The van der Waals surface area contributed by atoms with Crippen LogP contribution in [0.1, 0.15) is 28.4 Å². The van der Waals surface area contributed by atoms with Crippen LogP contribution >= 0.6 is 11.6 Å². The van der Waals surface area contributed by atoms with Gasteiger partial charge in [-0.2, -0.15) is 0 Å². The summed E-state index contributed by atoms with van der Waals surface area (Å²) in [7, 11) is 0. The smallest absolute Gasteiger partial charge is 0.339 e. The molecular formula is C18H16ClNO3. The van der Waals surface area contributed by atoms with Gasteiger partial charge < -0.3 is 10.1 Å². The quantitative estimate of drug-likeness (QED) is 0.853. The number of halogens is 1. The van der Waals surface area contributed by atoms with Crippen LogP contribution in [0.5, 0.6) is 0 Å². The first-order valence-electron chi connectivity index (χ1n) is 7.28. The summed E-state index contributed by atoms with van der Waals surface area (Å²) in [6.45, 7) is 3.48. The molecule has 0 aliphatic carbocycles. The molecule has 3 rings (SSSR count). The topological polar surface area (TPSA) is 55.4 Å². The lowest BCUT2D eigenvalue weighted by Gasteiger charge is -2.33. The van der Waals surface area contributed by atoms with E-state index in [1.165, 1.54) is 0 Å². The summed E-state index contributed by atoms with van der Waals surface area (Å²) in [5.41, 5.74) is 1.58. The molecule has 4 nitrogen and oxygen atoms in total. The number of cyclic esters (lactones) is 1. The van der Waals surface area contributed by atoms with Gasteiger partial charge in [0.05, 0.1) is 5.56 Å². The highest BCUT2D eigenvalue weighted by atomic mass is 35.5. The molecule has 118 valence electrons. The lowest BCUT2D eigenvalue weighted by Crippen LogP contribution is -2.49. The van der Waals surface area contributed by atoms with E-state index >= 15 is 0 Å². The lowest BCUT2D eigenvalue weighted by molar-refractivity contribution is -0.134. The zero-order chi connectivity index (χ0) is 16.6. The number of esters is 1. The molecule has 0 saturated carbocycles. The maximum Gasteiger partial charge on any atom is 0.339 e. The van der Waals surface area contributed by atoms with Gasteiger partial charge in [0, 0.05) is 17.1 Å². The van der Waals surface area contributed by atoms with Crippen LogP contribution in [0.3, 0.4) is 0 Å². The van der Waals surface area contributed by atoms with Crippen molar-refractivity contribution in [2.45, 2.75) is 25.9 Å². The van der Waals surface area contributed by atoms with Crippen LogP contribution in [0.4, 0.5) is 5.69 Å². The molecule has 0 spiro atoms. The van der Waals surface area contributed by atoms with Crippen molar-refractivity contribution in [2.75, 3.05) is 5.32 Å². The van der Waals surface area contributed by atoms with Crippen LogP contribution < -0.4 is 5.32 Å². The largest absolute Gasteiger partial charge is 0.445 e. The number of carbonyl (C=O) groups excluding carboxylic acids is 2. The van der Waals surface area contributed by atoms with Crippen LogP contribution in [0.2, 0.25) is 5.02 Å². The Morgan fingerprint density at radius 1 is 1.26 bits per heavy atom. The van der Waals surface area contributed by atoms with E-state index in [1.807, 2.05) is 19.1 Å². The molecule has 23 heavy (non-hydrogen) atoms. The van der Waals surface area contributed by atoms with E-state index in [0.717, 1.165) is 11.1 Å². The first-order chi connectivity index (χ1) is 10.9. The van der Waals surface area contributed by atoms with E-state index in [1.54, 1.807) is 37.3 Å². The number of ether oxygens (including phenoxy) is 1. The molecule has 0 radical (unpaired) electrons. The van der Waals surface area contributed by atoms with Crippen molar-refractivity contribution in [3.05, 3.63) is 64.2 Å². The zero-order valence-electron chi connectivity index (χ0n) is 12.9. The van der Waals surface area contributed by atoms with Gasteiger partial charge in [-0.3, -0.25) is 4.79 Å². The molecule has 1 atom stereocenters. The first kappa shape index (κ1) is 15.6. The summed E-state index contributed by atoms with van der Waals surface area (Å²) in [5, 5.41) is 3.43. The summed E-state index contributed by atoms with van der Waals surface area (Å²) in [6.07, 6.45) is 0.341. The van der Waals surface area contributed by atoms with Gasteiger partial charge in [0.25, 0.3) is 5.91 Å². The Morgan fingerprint density at radius 2 is 2.00 bits per heavy atom. The SMILES string of the molecule is Cc1cc(Cl)ccc1NC(=O)[C@@]1(C)Cc2ccccc2C(=O)O1. The van der Waals surface area contributed by atoms with Crippen LogP contribution in [0.25, 0.3) is 0 Å². The average molecular weight is 330 g/mol. The first-order valence-corrected chi connectivity index (χ1v) is 7.66. The number of amides is 1. The molecule has 2 aromatic carbocycles. The Morgan fingerprint density at radius 3 is 2.74 bits per heavy atom. The molecule has 1 N–H and O–H groups in total. The normalized spacial score (nSPS) is 19.7. The van der Waals surface area contributed by atoms with E-state index in [0.29, 0.717) is 22.7 Å². The van der Waals surface area contributed by atoms with Crippen molar-refractivity contribution in [2.24, 2.45) is 0 Å². The summed E-state index contributed by atoms with van der Waals surface area (Å²) >= 11 is 5.92. The fraction of sp³-hybridized carbons (Fsp3) is 0.222. The highest BCUT2D eigenvalue weighted by Crippen LogP contribution is 2.30. The number of nitrogens with one attached hydrogen (secondary N) is 1. The maximum absolute atomic E-state index is 12.7. The minimum atomic E-state index is -1.24. The van der Waals surface area contributed by atoms with Gasteiger partial charge in [0.15, 0.2) is 5.60 Å². The summed E-state index contributed by atoms with van der Waals surface area (Å²) in [5.74, 6) is -0.830. The Kier molecular flexibility index (Phi) is 3.86. The highest BCUT2D eigenvalue weighted by molar-refractivity contribution is 6.30. The number of rotatable bonds is 2. The van der Waals surface area contributed by atoms with Gasteiger partial charge in [-0.25, -0.2) is 4.79 Å². The van der Waals surface area contributed by atoms with Crippen molar-refractivity contribution >= 4 is 29.2 Å². The third kappa shape index (κ3) is 2.94. The van der Waals surface area contributed by atoms with E-state index in [2.05, 4.69) is 5.32 Å². The standard InChI is InChI=1S/C18H16ClNO3/c1-11-9-13(19)7-8-15(11)20-17(22)18(2)10-12-5-3-4-6-14(12)16(21)23-18/h3-9H,10H2,1-2H3,(H,20,22)/t18-/m1/s1. The van der Waals surface area contributed by atoms with Gasteiger partial charge in [0.2, 0.25) is 0 Å². The molecule has 2 aromatic rings. The molecule has 0 saturated heterocycles. The number of aryl methyl sites for hydroxylation is 1. The number of anilines is 1. The monoisotopic (exact) mass is 329 g/mol. The molecule has 1 amide bonds. The predicted molar refractivity (Wildman–Crippen MR) is 88.8 cm³/mol. The van der Waals surface area contributed by atoms with Crippen LogP contribution in [-0.2, 0) is 16.0 Å². The van der Waals surface area contributed by atoms with Crippen LogP contribution in [0, 0.1) is 6.92 Å². The fourth-order valence-corrected chi connectivity index (χ4v) is 2.91. The van der Waals surface area contributed by atoms with Crippen molar-refractivity contribution < 1.29 is 14.3 Å². The number of hydrogen-bond donors (Lipinski definition) is 1. The number of fused-ring (bicyclic) bond motifs is 1.